The summed E-state index contributed by atoms with van der Waals surface area (Å²) in [7, 11) is 0. The molecule has 0 fully saturated rings. The van der Waals surface area contributed by atoms with Crippen molar-refractivity contribution in [2.24, 2.45) is 0 Å². The highest BCUT2D eigenvalue weighted by atomic mass is 35.5. The summed E-state index contributed by atoms with van der Waals surface area (Å²) in [5.74, 6) is 0.868. The number of nitrogens with one attached hydrogen (secondary N) is 1. The van der Waals surface area contributed by atoms with E-state index >= 15 is 0 Å². The van der Waals surface area contributed by atoms with Crippen molar-refractivity contribution in [3.05, 3.63) is 29.3 Å². The van der Waals surface area contributed by atoms with Crippen LogP contribution in [0.15, 0.2) is 24.3 Å². The maximum absolute atomic E-state index is 5.75. The molecule has 0 atom stereocenters. The number of hydrogen-bond donors (Lipinski definition) is 1. The summed E-state index contributed by atoms with van der Waals surface area (Å²) in [6.45, 7) is 4.77. The summed E-state index contributed by atoms with van der Waals surface area (Å²) in [5, 5.41) is 4.00. The lowest BCUT2D eigenvalue weighted by Crippen LogP contribution is -2.21. The Bertz CT molecular complexity index is 248. The molecule has 0 amide bonds. The first-order valence-corrected chi connectivity index (χ1v) is 5.30. The minimum absolute atomic E-state index is 0.696. The molecule has 0 bridgehead atoms. The Morgan fingerprint density at radius 2 is 1.93 bits per heavy atom. The van der Waals surface area contributed by atoms with E-state index in [9.17, 15) is 0 Å². The number of benzene rings is 1. The Hall–Kier alpha value is -0.730. The molecule has 1 N–H and O–H groups in total. The van der Waals surface area contributed by atoms with Gasteiger partial charge in [-0.2, -0.15) is 0 Å². The van der Waals surface area contributed by atoms with Gasteiger partial charge in [0.1, 0.15) is 12.4 Å². The Labute approximate surface area is 90.2 Å². The molecule has 1 rings (SSSR count). The lowest BCUT2D eigenvalue weighted by Gasteiger charge is -2.06. The number of halogens is 1. The highest BCUT2D eigenvalue weighted by Crippen LogP contribution is 2.14. The van der Waals surface area contributed by atoms with Crippen LogP contribution in [0, 0.1) is 0 Å². The average molecular weight is 214 g/mol. The second-order valence-corrected chi connectivity index (χ2v) is 3.49. The zero-order valence-electron chi connectivity index (χ0n) is 8.42. The van der Waals surface area contributed by atoms with Crippen LogP contribution in [0.5, 0.6) is 5.75 Å². The van der Waals surface area contributed by atoms with Gasteiger partial charge in [0.15, 0.2) is 0 Å². The summed E-state index contributed by atoms with van der Waals surface area (Å²) in [6.07, 6.45) is 1.15. The standard InChI is InChI=1S/C11H16ClNO/c1-2-7-13-8-9-14-11-5-3-10(12)4-6-11/h3-6,13H,2,7-9H2,1H3. The van der Waals surface area contributed by atoms with Gasteiger partial charge in [-0.05, 0) is 37.2 Å². The maximum atomic E-state index is 5.75. The second-order valence-electron chi connectivity index (χ2n) is 3.05. The third kappa shape index (κ3) is 4.49. The smallest absolute Gasteiger partial charge is 0.119 e. The van der Waals surface area contributed by atoms with Crippen molar-refractivity contribution in [2.75, 3.05) is 19.7 Å². The van der Waals surface area contributed by atoms with Crippen molar-refractivity contribution >= 4 is 11.6 Å². The van der Waals surface area contributed by atoms with Crippen LogP contribution in [0.1, 0.15) is 13.3 Å². The molecule has 0 aliphatic rings. The first-order valence-electron chi connectivity index (χ1n) is 4.92. The minimum atomic E-state index is 0.696. The zero-order chi connectivity index (χ0) is 10.2. The largest absolute Gasteiger partial charge is 0.492 e. The minimum Gasteiger partial charge on any atom is -0.492 e. The fourth-order valence-corrected chi connectivity index (χ4v) is 1.20. The molecule has 78 valence electrons. The van der Waals surface area contributed by atoms with Gasteiger partial charge in [-0.15, -0.1) is 0 Å². The molecular formula is C11H16ClNO. The van der Waals surface area contributed by atoms with Crippen molar-refractivity contribution in [2.45, 2.75) is 13.3 Å². The van der Waals surface area contributed by atoms with Crippen molar-refractivity contribution in [1.29, 1.82) is 0 Å². The molecule has 2 nitrogen and oxygen atoms in total. The molecule has 0 spiro atoms. The summed E-state index contributed by atoms with van der Waals surface area (Å²) < 4.78 is 5.49. The summed E-state index contributed by atoms with van der Waals surface area (Å²) in [6, 6.07) is 7.41. The van der Waals surface area contributed by atoms with Crippen molar-refractivity contribution in [3.8, 4) is 5.75 Å². The van der Waals surface area contributed by atoms with E-state index in [-0.39, 0.29) is 0 Å². The van der Waals surface area contributed by atoms with Gasteiger partial charge in [0.05, 0.1) is 0 Å². The van der Waals surface area contributed by atoms with Crippen LogP contribution in [0.25, 0.3) is 0 Å². The monoisotopic (exact) mass is 213 g/mol. The van der Waals surface area contributed by atoms with Gasteiger partial charge in [0.25, 0.3) is 0 Å². The van der Waals surface area contributed by atoms with E-state index in [0.717, 1.165) is 30.3 Å². The van der Waals surface area contributed by atoms with Gasteiger partial charge in [-0.3, -0.25) is 0 Å². The van der Waals surface area contributed by atoms with Gasteiger partial charge in [0, 0.05) is 11.6 Å². The predicted molar refractivity (Wildman–Crippen MR) is 60.1 cm³/mol. The van der Waals surface area contributed by atoms with Crippen LogP contribution in [0.4, 0.5) is 0 Å². The van der Waals surface area contributed by atoms with Crippen LogP contribution in [0.2, 0.25) is 5.02 Å². The van der Waals surface area contributed by atoms with E-state index < -0.39 is 0 Å². The van der Waals surface area contributed by atoms with Gasteiger partial charge >= 0.3 is 0 Å². The molecule has 0 unspecified atom stereocenters. The molecule has 1 aromatic carbocycles. The Morgan fingerprint density at radius 3 is 2.57 bits per heavy atom. The van der Waals surface area contributed by atoms with Gasteiger partial charge in [0.2, 0.25) is 0 Å². The second kappa shape index (κ2) is 6.68. The number of ether oxygens (including phenoxy) is 1. The summed E-state index contributed by atoms with van der Waals surface area (Å²) in [5.41, 5.74) is 0. The normalized spacial score (nSPS) is 10.1. The average Bonchev–Trinajstić information content (AvgIpc) is 2.21. The van der Waals surface area contributed by atoms with Crippen molar-refractivity contribution < 1.29 is 4.74 Å². The predicted octanol–water partition coefficient (Wildman–Crippen LogP) is 2.72. The van der Waals surface area contributed by atoms with Gasteiger partial charge in [-0.25, -0.2) is 0 Å². The lowest BCUT2D eigenvalue weighted by atomic mass is 10.3. The van der Waals surface area contributed by atoms with Crippen LogP contribution >= 0.6 is 11.6 Å². The molecule has 0 saturated carbocycles. The van der Waals surface area contributed by atoms with Crippen LogP contribution in [-0.4, -0.2) is 19.7 Å². The molecule has 0 radical (unpaired) electrons. The van der Waals surface area contributed by atoms with E-state index in [0.29, 0.717) is 6.61 Å². The van der Waals surface area contributed by atoms with E-state index in [2.05, 4.69) is 12.2 Å². The molecule has 0 aliphatic heterocycles. The number of rotatable bonds is 6. The van der Waals surface area contributed by atoms with Crippen LogP contribution < -0.4 is 10.1 Å². The van der Waals surface area contributed by atoms with E-state index in [1.54, 1.807) is 0 Å². The SMILES string of the molecule is CCCNCCOc1ccc(Cl)cc1. The molecule has 0 aromatic heterocycles. The van der Waals surface area contributed by atoms with E-state index in [1.807, 2.05) is 24.3 Å². The number of hydrogen-bond acceptors (Lipinski definition) is 2. The Balaban J connectivity index is 2.15. The van der Waals surface area contributed by atoms with Gasteiger partial charge in [-0.1, -0.05) is 18.5 Å². The topological polar surface area (TPSA) is 21.3 Å². The zero-order valence-corrected chi connectivity index (χ0v) is 9.18. The molecule has 0 aliphatic carbocycles. The first kappa shape index (κ1) is 11.3. The fraction of sp³-hybridized carbons (Fsp3) is 0.455. The van der Waals surface area contributed by atoms with Crippen molar-refractivity contribution in [3.63, 3.8) is 0 Å². The summed E-state index contributed by atoms with van der Waals surface area (Å²) in [4.78, 5) is 0. The molecule has 0 heterocycles. The van der Waals surface area contributed by atoms with Crippen LogP contribution in [0.3, 0.4) is 0 Å². The third-order valence-corrected chi connectivity index (χ3v) is 2.04. The maximum Gasteiger partial charge on any atom is 0.119 e. The highest BCUT2D eigenvalue weighted by molar-refractivity contribution is 6.30. The van der Waals surface area contributed by atoms with E-state index in [1.165, 1.54) is 0 Å². The molecular weight excluding hydrogens is 198 g/mol. The van der Waals surface area contributed by atoms with E-state index in [4.69, 9.17) is 16.3 Å². The molecule has 3 heteroatoms. The van der Waals surface area contributed by atoms with Gasteiger partial charge < -0.3 is 10.1 Å². The van der Waals surface area contributed by atoms with Crippen molar-refractivity contribution in [1.82, 2.24) is 5.32 Å². The molecule has 14 heavy (non-hydrogen) atoms. The Kier molecular flexibility index (Phi) is 5.42. The fourth-order valence-electron chi connectivity index (χ4n) is 1.07. The first-order chi connectivity index (χ1) is 6.83. The third-order valence-electron chi connectivity index (χ3n) is 1.79. The highest BCUT2D eigenvalue weighted by Gasteiger charge is 1.92. The summed E-state index contributed by atoms with van der Waals surface area (Å²) >= 11 is 5.75. The molecule has 0 saturated heterocycles. The molecule has 1 aromatic rings. The van der Waals surface area contributed by atoms with Crippen LogP contribution in [-0.2, 0) is 0 Å². The quantitative estimate of drug-likeness (QED) is 0.734. The Morgan fingerprint density at radius 1 is 1.21 bits per heavy atom. The lowest BCUT2D eigenvalue weighted by molar-refractivity contribution is 0.314.